The first-order valence-corrected chi connectivity index (χ1v) is 4.88. The highest BCUT2D eigenvalue weighted by molar-refractivity contribution is 6.31. The van der Waals surface area contributed by atoms with Crippen LogP contribution in [0.1, 0.15) is 12.0 Å². The van der Waals surface area contributed by atoms with Crippen molar-refractivity contribution in [3.05, 3.63) is 35.0 Å². The van der Waals surface area contributed by atoms with Crippen LogP contribution in [0, 0.1) is 0 Å². The Balaban J connectivity index is 2.44. The highest BCUT2D eigenvalue weighted by Crippen LogP contribution is 2.22. The molecule has 0 aliphatic carbocycles. The average Bonchev–Trinajstić information content (AvgIpc) is 2.57. The van der Waals surface area contributed by atoms with Crippen LogP contribution in [0.2, 0.25) is 5.02 Å². The van der Waals surface area contributed by atoms with Crippen LogP contribution < -0.4 is 0 Å². The lowest BCUT2D eigenvalue weighted by atomic mass is 10.1. The van der Waals surface area contributed by atoms with Gasteiger partial charge in [-0.3, -0.25) is 0 Å². The van der Waals surface area contributed by atoms with Crippen molar-refractivity contribution >= 4 is 28.8 Å². The molecule has 1 N–H and O–H groups in total. The van der Waals surface area contributed by atoms with Gasteiger partial charge in [-0.2, -0.15) is 0 Å². The third kappa shape index (κ3) is 1.66. The van der Waals surface area contributed by atoms with E-state index in [4.69, 9.17) is 11.6 Å². The van der Waals surface area contributed by atoms with Gasteiger partial charge in [0.05, 0.1) is 0 Å². The summed E-state index contributed by atoms with van der Waals surface area (Å²) in [5.41, 5.74) is 2.21. The molecule has 1 aromatic carbocycles. The molecule has 3 heteroatoms. The van der Waals surface area contributed by atoms with Crippen LogP contribution in [-0.4, -0.2) is 11.3 Å². The second kappa shape index (κ2) is 3.84. The zero-order chi connectivity index (χ0) is 9.97. The molecule has 1 aromatic heterocycles. The lowest BCUT2D eigenvalue weighted by molar-refractivity contribution is -0.107. The SMILES string of the molecule is O=CCCc1c[nH]c2ccc(Cl)cc12. The lowest BCUT2D eigenvalue weighted by Gasteiger charge is -1.95. The maximum Gasteiger partial charge on any atom is 0.120 e. The number of aromatic nitrogens is 1. The third-order valence-corrected chi connectivity index (χ3v) is 2.50. The third-order valence-electron chi connectivity index (χ3n) is 2.26. The smallest absolute Gasteiger partial charge is 0.120 e. The van der Waals surface area contributed by atoms with E-state index in [0.717, 1.165) is 34.2 Å². The van der Waals surface area contributed by atoms with E-state index in [1.165, 1.54) is 0 Å². The standard InChI is InChI=1S/C11H10ClNO/c12-9-3-4-11-10(6-9)8(7-13-11)2-1-5-14/h3-7,13H,1-2H2. The number of H-pyrrole nitrogens is 1. The number of carbonyl (C=O) groups excluding carboxylic acids is 1. The molecule has 0 spiro atoms. The molecular formula is C11H10ClNO. The maximum absolute atomic E-state index is 10.3. The number of benzene rings is 1. The van der Waals surface area contributed by atoms with Gasteiger partial charge < -0.3 is 9.78 Å². The Hall–Kier alpha value is -1.28. The van der Waals surface area contributed by atoms with Crippen LogP contribution in [0.3, 0.4) is 0 Å². The normalized spacial score (nSPS) is 10.6. The number of aromatic amines is 1. The molecule has 0 atom stereocenters. The van der Waals surface area contributed by atoms with Gasteiger partial charge in [-0.15, -0.1) is 0 Å². The van der Waals surface area contributed by atoms with Crippen molar-refractivity contribution in [3.63, 3.8) is 0 Å². The number of carbonyl (C=O) groups is 1. The van der Waals surface area contributed by atoms with Gasteiger partial charge in [0.1, 0.15) is 6.29 Å². The summed E-state index contributed by atoms with van der Waals surface area (Å²) in [6, 6.07) is 5.72. The van der Waals surface area contributed by atoms with Crippen molar-refractivity contribution in [3.8, 4) is 0 Å². The van der Waals surface area contributed by atoms with E-state index in [0.29, 0.717) is 6.42 Å². The molecule has 0 fully saturated rings. The summed E-state index contributed by atoms with van der Waals surface area (Å²) >= 11 is 5.90. The molecule has 14 heavy (non-hydrogen) atoms. The highest BCUT2D eigenvalue weighted by Gasteiger charge is 2.03. The van der Waals surface area contributed by atoms with Crippen molar-refractivity contribution in [2.75, 3.05) is 0 Å². The van der Waals surface area contributed by atoms with Gasteiger partial charge in [0.2, 0.25) is 0 Å². The Labute approximate surface area is 86.9 Å². The summed E-state index contributed by atoms with van der Waals surface area (Å²) < 4.78 is 0. The Morgan fingerprint density at radius 2 is 2.29 bits per heavy atom. The highest BCUT2D eigenvalue weighted by atomic mass is 35.5. The topological polar surface area (TPSA) is 32.9 Å². The lowest BCUT2D eigenvalue weighted by Crippen LogP contribution is -1.83. The Morgan fingerprint density at radius 1 is 1.43 bits per heavy atom. The number of nitrogens with one attached hydrogen (secondary N) is 1. The summed E-state index contributed by atoms with van der Waals surface area (Å²) in [7, 11) is 0. The van der Waals surface area contributed by atoms with Crippen molar-refractivity contribution in [1.29, 1.82) is 0 Å². The summed E-state index contributed by atoms with van der Waals surface area (Å²) in [6.45, 7) is 0. The van der Waals surface area contributed by atoms with E-state index in [-0.39, 0.29) is 0 Å². The number of aldehydes is 1. The molecule has 2 rings (SSSR count). The monoisotopic (exact) mass is 207 g/mol. The van der Waals surface area contributed by atoms with Crippen LogP contribution in [0.15, 0.2) is 24.4 Å². The Kier molecular flexibility index (Phi) is 2.55. The molecule has 72 valence electrons. The van der Waals surface area contributed by atoms with Gasteiger partial charge in [0, 0.05) is 28.5 Å². The zero-order valence-electron chi connectivity index (χ0n) is 7.59. The van der Waals surface area contributed by atoms with E-state index in [9.17, 15) is 4.79 Å². The fourth-order valence-electron chi connectivity index (χ4n) is 1.57. The number of aryl methyl sites for hydroxylation is 1. The minimum Gasteiger partial charge on any atom is -0.361 e. The molecule has 0 radical (unpaired) electrons. The molecule has 0 unspecified atom stereocenters. The van der Waals surface area contributed by atoms with Gasteiger partial charge >= 0.3 is 0 Å². The minimum atomic E-state index is 0.555. The molecule has 2 nitrogen and oxygen atoms in total. The molecule has 0 amide bonds. The average molecular weight is 208 g/mol. The second-order valence-corrected chi connectivity index (χ2v) is 3.65. The fourth-order valence-corrected chi connectivity index (χ4v) is 1.74. The van der Waals surface area contributed by atoms with E-state index >= 15 is 0 Å². The van der Waals surface area contributed by atoms with Gasteiger partial charge in [0.25, 0.3) is 0 Å². The Bertz CT molecular complexity index is 461. The first-order valence-electron chi connectivity index (χ1n) is 4.50. The van der Waals surface area contributed by atoms with E-state index < -0.39 is 0 Å². The second-order valence-electron chi connectivity index (χ2n) is 3.21. The number of rotatable bonds is 3. The fraction of sp³-hybridized carbons (Fsp3) is 0.182. The van der Waals surface area contributed by atoms with Gasteiger partial charge in [-0.05, 0) is 30.2 Å². The number of fused-ring (bicyclic) bond motifs is 1. The summed E-state index contributed by atoms with van der Waals surface area (Å²) in [4.78, 5) is 13.4. The van der Waals surface area contributed by atoms with Gasteiger partial charge in [0.15, 0.2) is 0 Å². The first-order chi connectivity index (χ1) is 6.81. The maximum atomic E-state index is 10.3. The zero-order valence-corrected chi connectivity index (χ0v) is 8.34. The number of hydrogen-bond acceptors (Lipinski definition) is 1. The molecule has 0 aliphatic rings. The van der Waals surface area contributed by atoms with E-state index in [2.05, 4.69) is 4.98 Å². The predicted octanol–water partition coefficient (Wildman–Crippen LogP) is 2.95. The van der Waals surface area contributed by atoms with Crippen molar-refractivity contribution < 1.29 is 4.79 Å². The van der Waals surface area contributed by atoms with Crippen LogP contribution in [-0.2, 0) is 11.2 Å². The molecule has 0 saturated carbocycles. The predicted molar refractivity (Wildman–Crippen MR) is 57.7 cm³/mol. The minimum absolute atomic E-state index is 0.555. The van der Waals surface area contributed by atoms with Crippen LogP contribution in [0.4, 0.5) is 0 Å². The van der Waals surface area contributed by atoms with Crippen molar-refractivity contribution in [1.82, 2.24) is 4.98 Å². The van der Waals surface area contributed by atoms with Crippen molar-refractivity contribution in [2.24, 2.45) is 0 Å². The van der Waals surface area contributed by atoms with Crippen molar-refractivity contribution in [2.45, 2.75) is 12.8 Å². The molecule has 1 heterocycles. The van der Waals surface area contributed by atoms with Crippen LogP contribution in [0.5, 0.6) is 0 Å². The van der Waals surface area contributed by atoms with E-state index in [1.807, 2.05) is 24.4 Å². The number of halogens is 1. The van der Waals surface area contributed by atoms with Crippen LogP contribution >= 0.6 is 11.6 Å². The van der Waals surface area contributed by atoms with Crippen LogP contribution in [0.25, 0.3) is 10.9 Å². The molecule has 2 aromatic rings. The quantitative estimate of drug-likeness (QED) is 0.772. The summed E-state index contributed by atoms with van der Waals surface area (Å²) in [5.74, 6) is 0. The van der Waals surface area contributed by atoms with Gasteiger partial charge in [-0.1, -0.05) is 11.6 Å². The summed E-state index contributed by atoms with van der Waals surface area (Å²) in [6.07, 6.45) is 4.19. The number of hydrogen-bond donors (Lipinski definition) is 1. The molecule has 0 bridgehead atoms. The largest absolute Gasteiger partial charge is 0.361 e. The molecular weight excluding hydrogens is 198 g/mol. The molecule has 0 aliphatic heterocycles. The molecule has 0 saturated heterocycles. The first kappa shape index (κ1) is 9.28. The van der Waals surface area contributed by atoms with Gasteiger partial charge in [-0.25, -0.2) is 0 Å². The summed E-state index contributed by atoms with van der Waals surface area (Å²) in [5, 5.41) is 1.84. The van der Waals surface area contributed by atoms with E-state index in [1.54, 1.807) is 0 Å². The Morgan fingerprint density at radius 3 is 3.07 bits per heavy atom.